The molecule has 0 unspecified atom stereocenters. The van der Waals surface area contributed by atoms with E-state index >= 15 is 0 Å². The standard InChI is InChI=1S/C18H27N/c1-5-7-9-11-17(3)13-15-19-16-14-18(4)12-10-8-6-2/h5-12,19H,1,4,13-16H2,2-3H3. The lowest BCUT2D eigenvalue weighted by Crippen LogP contribution is -2.17. The van der Waals surface area contributed by atoms with Gasteiger partial charge < -0.3 is 5.32 Å². The highest BCUT2D eigenvalue weighted by Crippen LogP contribution is 2.01. The molecule has 0 aromatic rings. The predicted octanol–water partition coefficient (Wildman–Crippen LogP) is 4.73. The molecule has 0 aromatic carbocycles. The molecule has 1 heteroatoms. The molecule has 0 atom stereocenters. The molecule has 0 radical (unpaired) electrons. The summed E-state index contributed by atoms with van der Waals surface area (Å²) in [5.41, 5.74) is 2.53. The summed E-state index contributed by atoms with van der Waals surface area (Å²) in [5.74, 6) is 0. The molecule has 0 rings (SSSR count). The van der Waals surface area contributed by atoms with Gasteiger partial charge in [0.2, 0.25) is 0 Å². The number of hydrogen-bond donors (Lipinski definition) is 1. The van der Waals surface area contributed by atoms with Crippen LogP contribution >= 0.6 is 0 Å². The van der Waals surface area contributed by atoms with Gasteiger partial charge in [-0.2, -0.15) is 0 Å². The largest absolute Gasteiger partial charge is 0.316 e. The van der Waals surface area contributed by atoms with Crippen LogP contribution in [0.1, 0.15) is 26.7 Å². The van der Waals surface area contributed by atoms with Crippen LogP contribution in [0.5, 0.6) is 0 Å². The van der Waals surface area contributed by atoms with Crippen LogP contribution in [0.25, 0.3) is 0 Å². The van der Waals surface area contributed by atoms with Crippen LogP contribution in [0.4, 0.5) is 0 Å². The summed E-state index contributed by atoms with van der Waals surface area (Å²) < 4.78 is 0. The molecular formula is C18H27N. The van der Waals surface area contributed by atoms with Crippen molar-refractivity contribution in [3.05, 3.63) is 72.9 Å². The Balaban J connectivity index is 3.64. The van der Waals surface area contributed by atoms with Gasteiger partial charge in [-0.15, -0.1) is 0 Å². The molecule has 19 heavy (non-hydrogen) atoms. The smallest absolute Gasteiger partial charge is 0.000844 e. The van der Waals surface area contributed by atoms with E-state index in [4.69, 9.17) is 0 Å². The molecule has 0 aromatic heterocycles. The van der Waals surface area contributed by atoms with E-state index in [1.54, 1.807) is 6.08 Å². The molecule has 0 heterocycles. The second-order valence-corrected chi connectivity index (χ2v) is 4.43. The van der Waals surface area contributed by atoms with Crippen molar-refractivity contribution < 1.29 is 0 Å². The number of rotatable bonds is 10. The zero-order valence-electron chi connectivity index (χ0n) is 12.4. The number of hydrogen-bond acceptors (Lipinski definition) is 1. The highest BCUT2D eigenvalue weighted by atomic mass is 14.8. The van der Waals surface area contributed by atoms with Crippen molar-refractivity contribution in [2.24, 2.45) is 0 Å². The first-order valence-electron chi connectivity index (χ1n) is 6.83. The van der Waals surface area contributed by atoms with Gasteiger partial charge in [0.1, 0.15) is 0 Å². The zero-order chi connectivity index (χ0) is 14.3. The van der Waals surface area contributed by atoms with Crippen LogP contribution in [0.2, 0.25) is 0 Å². The molecule has 0 bridgehead atoms. The third-order valence-corrected chi connectivity index (χ3v) is 2.58. The van der Waals surface area contributed by atoms with Crippen LogP contribution in [0.15, 0.2) is 72.9 Å². The van der Waals surface area contributed by atoms with E-state index in [0.717, 1.165) is 31.5 Å². The van der Waals surface area contributed by atoms with E-state index in [-0.39, 0.29) is 0 Å². The monoisotopic (exact) mass is 257 g/mol. The van der Waals surface area contributed by atoms with Crippen LogP contribution < -0.4 is 5.32 Å². The number of allylic oxidation sites excluding steroid dienone is 8. The first-order valence-corrected chi connectivity index (χ1v) is 6.83. The molecular weight excluding hydrogens is 230 g/mol. The quantitative estimate of drug-likeness (QED) is 0.440. The van der Waals surface area contributed by atoms with Crippen molar-refractivity contribution in [3.8, 4) is 0 Å². The van der Waals surface area contributed by atoms with Gasteiger partial charge in [-0.3, -0.25) is 0 Å². The van der Waals surface area contributed by atoms with E-state index in [9.17, 15) is 0 Å². The van der Waals surface area contributed by atoms with E-state index in [2.05, 4.69) is 37.6 Å². The van der Waals surface area contributed by atoms with Gasteiger partial charge in [0, 0.05) is 0 Å². The Labute approximate surface area is 118 Å². The van der Waals surface area contributed by atoms with Gasteiger partial charge in [-0.05, 0) is 39.8 Å². The fourth-order valence-corrected chi connectivity index (χ4v) is 1.43. The van der Waals surface area contributed by atoms with Crippen LogP contribution in [-0.4, -0.2) is 13.1 Å². The maximum Gasteiger partial charge on any atom is -0.000844 e. The lowest BCUT2D eigenvalue weighted by molar-refractivity contribution is 0.681. The highest BCUT2D eigenvalue weighted by molar-refractivity contribution is 5.19. The lowest BCUT2D eigenvalue weighted by Gasteiger charge is -2.04. The molecule has 104 valence electrons. The molecule has 0 aliphatic rings. The third-order valence-electron chi connectivity index (χ3n) is 2.58. The minimum atomic E-state index is 0.981. The Morgan fingerprint density at radius 3 is 2.47 bits per heavy atom. The number of nitrogens with one attached hydrogen (secondary N) is 1. The minimum absolute atomic E-state index is 0.981. The summed E-state index contributed by atoms with van der Waals surface area (Å²) in [6.45, 7) is 13.8. The van der Waals surface area contributed by atoms with Crippen molar-refractivity contribution in [3.63, 3.8) is 0 Å². The maximum atomic E-state index is 4.02. The van der Waals surface area contributed by atoms with Crippen LogP contribution in [0, 0.1) is 0 Å². The molecule has 1 nitrogen and oxygen atoms in total. The van der Waals surface area contributed by atoms with Crippen LogP contribution in [-0.2, 0) is 0 Å². The van der Waals surface area contributed by atoms with Crippen molar-refractivity contribution in [2.75, 3.05) is 13.1 Å². The summed E-state index contributed by atoms with van der Waals surface area (Å²) in [7, 11) is 0. The molecule has 1 N–H and O–H groups in total. The Hall–Kier alpha value is -1.60. The second kappa shape index (κ2) is 12.8. The normalized spacial score (nSPS) is 12.8. The van der Waals surface area contributed by atoms with Gasteiger partial charge in [-0.1, -0.05) is 72.9 Å². The fraction of sp³-hybridized carbons (Fsp3) is 0.333. The topological polar surface area (TPSA) is 12.0 Å². The molecule has 0 aliphatic carbocycles. The Kier molecular flexibility index (Phi) is 11.8. The first-order chi connectivity index (χ1) is 9.20. The van der Waals surface area contributed by atoms with E-state index in [1.165, 1.54) is 5.57 Å². The summed E-state index contributed by atoms with van der Waals surface area (Å²) in [6, 6.07) is 0. The molecule has 0 fully saturated rings. The molecule has 0 saturated carbocycles. The highest BCUT2D eigenvalue weighted by Gasteiger charge is 1.91. The van der Waals surface area contributed by atoms with Gasteiger partial charge in [0.15, 0.2) is 0 Å². The second-order valence-electron chi connectivity index (χ2n) is 4.43. The molecule has 0 aliphatic heterocycles. The average molecular weight is 257 g/mol. The lowest BCUT2D eigenvalue weighted by atomic mass is 10.2. The van der Waals surface area contributed by atoms with E-state index in [0.29, 0.717) is 0 Å². The average Bonchev–Trinajstić information content (AvgIpc) is 2.39. The van der Waals surface area contributed by atoms with E-state index in [1.807, 2.05) is 37.3 Å². The molecule has 0 amide bonds. The third kappa shape index (κ3) is 12.6. The Morgan fingerprint density at radius 2 is 1.79 bits per heavy atom. The van der Waals surface area contributed by atoms with Crippen molar-refractivity contribution in [1.82, 2.24) is 5.32 Å². The summed E-state index contributed by atoms with van der Waals surface area (Å²) >= 11 is 0. The molecule has 0 spiro atoms. The first kappa shape index (κ1) is 17.4. The summed E-state index contributed by atoms with van der Waals surface area (Å²) in [6.07, 6.45) is 18.1. The summed E-state index contributed by atoms with van der Waals surface area (Å²) in [5, 5.41) is 3.43. The Morgan fingerprint density at radius 1 is 1.05 bits per heavy atom. The van der Waals surface area contributed by atoms with Crippen molar-refractivity contribution >= 4 is 0 Å². The summed E-state index contributed by atoms with van der Waals surface area (Å²) in [4.78, 5) is 0. The Bertz CT molecular complexity index is 367. The maximum absolute atomic E-state index is 4.02. The predicted molar refractivity (Wildman–Crippen MR) is 88.3 cm³/mol. The van der Waals surface area contributed by atoms with Crippen LogP contribution in [0.3, 0.4) is 0 Å². The SMILES string of the molecule is C=CC=CC=C(C)CCNCCC(=C)C=CC=CC. The fourth-order valence-electron chi connectivity index (χ4n) is 1.43. The zero-order valence-corrected chi connectivity index (χ0v) is 12.4. The van der Waals surface area contributed by atoms with Gasteiger partial charge in [0.25, 0.3) is 0 Å². The van der Waals surface area contributed by atoms with Gasteiger partial charge in [0.05, 0.1) is 0 Å². The van der Waals surface area contributed by atoms with Gasteiger partial charge in [-0.25, -0.2) is 0 Å². The van der Waals surface area contributed by atoms with E-state index < -0.39 is 0 Å². The van der Waals surface area contributed by atoms with Crippen molar-refractivity contribution in [1.29, 1.82) is 0 Å². The molecule has 0 saturated heterocycles. The minimum Gasteiger partial charge on any atom is -0.316 e. The van der Waals surface area contributed by atoms with Crippen molar-refractivity contribution in [2.45, 2.75) is 26.7 Å². The van der Waals surface area contributed by atoms with Gasteiger partial charge >= 0.3 is 0 Å².